The number of nitrogens with one attached hydrogen (secondary N) is 1. The first kappa shape index (κ1) is 21.9. The molecule has 0 aliphatic carbocycles. The number of hydrogen-bond donors (Lipinski definition) is 2. The van der Waals surface area contributed by atoms with Gasteiger partial charge in [-0.05, 0) is 65.9 Å². The summed E-state index contributed by atoms with van der Waals surface area (Å²) in [5.74, 6) is 1.46. The van der Waals surface area contributed by atoms with Crippen molar-refractivity contribution in [3.05, 3.63) is 75.7 Å². The maximum absolute atomic E-state index is 12.8. The highest BCUT2D eigenvalue weighted by Crippen LogP contribution is 2.25. The summed E-state index contributed by atoms with van der Waals surface area (Å²) in [6, 6.07) is 11.5. The standard InChI is InChI=1S/C23H28N6O3/c1-3-21(22-25-26-27-29(22)15-19-6-4-11-32-19)28(9-5-10-30)14-18-13-17-12-16(2)7-8-20(17)24-23(18)31/h4,6-8,11-13,21,30H,3,5,9-10,14-15H2,1-2H3,(H,24,31). The molecule has 9 nitrogen and oxygen atoms in total. The molecule has 0 radical (unpaired) electrons. The second kappa shape index (κ2) is 9.88. The van der Waals surface area contributed by atoms with Crippen molar-refractivity contribution in [2.75, 3.05) is 13.2 Å². The molecule has 0 spiro atoms. The molecule has 2 N–H and O–H groups in total. The Morgan fingerprint density at radius 3 is 2.91 bits per heavy atom. The number of nitrogens with zero attached hydrogens (tertiary/aromatic N) is 5. The van der Waals surface area contributed by atoms with Gasteiger partial charge < -0.3 is 14.5 Å². The quantitative estimate of drug-likeness (QED) is 0.393. The van der Waals surface area contributed by atoms with Crippen LogP contribution in [0.2, 0.25) is 0 Å². The van der Waals surface area contributed by atoms with Gasteiger partial charge in [-0.15, -0.1) is 5.10 Å². The van der Waals surface area contributed by atoms with Crippen LogP contribution < -0.4 is 5.56 Å². The number of aliphatic hydroxyl groups excluding tert-OH is 1. The van der Waals surface area contributed by atoms with Crippen LogP contribution in [0.25, 0.3) is 10.9 Å². The first-order valence-electron chi connectivity index (χ1n) is 10.8. The van der Waals surface area contributed by atoms with Crippen molar-refractivity contribution < 1.29 is 9.52 Å². The number of aliphatic hydroxyl groups is 1. The summed E-state index contributed by atoms with van der Waals surface area (Å²) in [6.07, 6.45) is 2.95. The molecule has 4 aromatic rings. The molecule has 0 bridgehead atoms. The molecule has 3 heterocycles. The lowest BCUT2D eigenvalue weighted by Gasteiger charge is -2.30. The number of fused-ring (bicyclic) bond motifs is 1. The van der Waals surface area contributed by atoms with Crippen molar-refractivity contribution in [3.63, 3.8) is 0 Å². The van der Waals surface area contributed by atoms with E-state index in [2.05, 4.69) is 38.4 Å². The molecule has 4 rings (SSSR count). The van der Waals surface area contributed by atoms with Crippen LogP contribution in [0.5, 0.6) is 0 Å². The lowest BCUT2D eigenvalue weighted by Crippen LogP contribution is -2.34. The molecule has 1 aromatic carbocycles. The summed E-state index contributed by atoms with van der Waals surface area (Å²) in [4.78, 5) is 18.0. The van der Waals surface area contributed by atoms with E-state index in [0.717, 1.165) is 28.6 Å². The van der Waals surface area contributed by atoms with Crippen LogP contribution in [0.4, 0.5) is 0 Å². The smallest absolute Gasteiger partial charge is 0.252 e. The van der Waals surface area contributed by atoms with E-state index in [1.807, 2.05) is 37.3 Å². The Bertz CT molecular complexity index is 1210. The Morgan fingerprint density at radius 2 is 2.16 bits per heavy atom. The molecular weight excluding hydrogens is 408 g/mol. The van der Waals surface area contributed by atoms with Crippen molar-refractivity contribution >= 4 is 10.9 Å². The average Bonchev–Trinajstić information content (AvgIpc) is 3.46. The van der Waals surface area contributed by atoms with Gasteiger partial charge >= 0.3 is 0 Å². The minimum Gasteiger partial charge on any atom is -0.467 e. The molecule has 1 atom stereocenters. The van der Waals surface area contributed by atoms with Gasteiger partial charge in [-0.1, -0.05) is 18.6 Å². The number of aromatic amines is 1. The van der Waals surface area contributed by atoms with Gasteiger partial charge in [0.05, 0.1) is 12.3 Å². The van der Waals surface area contributed by atoms with Gasteiger partial charge in [0.1, 0.15) is 12.3 Å². The number of hydrogen-bond acceptors (Lipinski definition) is 7. The Kier molecular flexibility index (Phi) is 6.77. The summed E-state index contributed by atoms with van der Waals surface area (Å²) in [5.41, 5.74) is 2.52. The normalized spacial score (nSPS) is 12.6. The molecule has 0 fully saturated rings. The van der Waals surface area contributed by atoms with Crippen LogP contribution in [-0.2, 0) is 13.1 Å². The molecule has 168 valence electrons. The third-order valence-electron chi connectivity index (χ3n) is 5.62. The van der Waals surface area contributed by atoms with E-state index in [9.17, 15) is 9.90 Å². The molecule has 3 aromatic heterocycles. The second-order valence-electron chi connectivity index (χ2n) is 7.96. The maximum atomic E-state index is 12.8. The fourth-order valence-corrected chi connectivity index (χ4v) is 4.04. The van der Waals surface area contributed by atoms with Crippen molar-refractivity contribution in [2.24, 2.45) is 0 Å². The number of tetrazole rings is 1. The number of H-pyrrole nitrogens is 1. The lowest BCUT2D eigenvalue weighted by atomic mass is 10.1. The van der Waals surface area contributed by atoms with Crippen LogP contribution in [0.15, 0.2) is 51.9 Å². The predicted molar refractivity (Wildman–Crippen MR) is 120 cm³/mol. The predicted octanol–water partition coefficient (Wildman–Crippen LogP) is 2.80. The Morgan fingerprint density at radius 1 is 1.28 bits per heavy atom. The Balaban J connectivity index is 1.66. The van der Waals surface area contributed by atoms with Crippen molar-refractivity contribution in [1.29, 1.82) is 0 Å². The van der Waals surface area contributed by atoms with Gasteiger partial charge in [-0.3, -0.25) is 9.69 Å². The topological polar surface area (TPSA) is 113 Å². The van der Waals surface area contributed by atoms with Crippen LogP contribution >= 0.6 is 0 Å². The Labute approximate surface area is 185 Å². The van der Waals surface area contributed by atoms with Crippen molar-refractivity contribution in [2.45, 2.75) is 45.8 Å². The van der Waals surface area contributed by atoms with E-state index < -0.39 is 0 Å². The number of aromatic nitrogens is 5. The van der Waals surface area contributed by atoms with Crippen LogP contribution in [0.1, 0.15) is 48.5 Å². The van der Waals surface area contributed by atoms with Crippen LogP contribution in [0, 0.1) is 6.92 Å². The zero-order valence-electron chi connectivity index (χ0n) is 18.4. The summed E-state index contributed by atoms with van der Waals surface area (Å²) >= 11 is 0. The monoisotopic (exact) mass is 436 g/mol. The number of aryl methyl sites for hydroxylation is 1. The zero-order valence-corrected chi connectivity index (χ0v) is 18.4. The first-order chi connectivity index (χ1) is 15.6. The third-order valence-corrected chi connectivity index (χ3v) is 5.62. The van der Waals surface area contributed by atoms with E-state index in [-0.39, 0.29) is 18.2 Å². The third kappa shape index (κ3) is 4.79. The largest absolute Gasteiger partial charge is 0.467 e. The molecular formula is C23H28N6O3. The fourth-order valence-electron chi connectivity index (χ4n) is 4.04. The molecule has 32 heavy (non-hydrogen) atoms. The highest BCUT2D eigenvalue weighted by Gasteiger charge is 2.26. The zero-order chi connectivity index (χ0) is 22.5. The van der Waals surface area contributed by atoms with E-state index in [1.165, 1.54) is 0 Å². The van der Waals surface area contributed by atoms with Gasteiger partial charge in [-0.2, -0.15) is 0 Å². The van der Waals surface area contributed by atoms with Gasteiger partial charge in [0.2, 0.25) is 0 Å². The van der Waals surface area contributed by atoms with Crippen molar-refractivity contribution in [1.82, 2.24) is 30.1 Å². The van der Waals surface area contributed by atoms with Gasteiger partial charge in [0, 0.05) is 30.8 Å². The van der Waals surface area contributed by atoms with E-state index in [1.54, 1.807) is 10.9 Å². The van der Waals surface area contributed by atoms with Gasteiger partial charge in [-0.25, -0.2) is 4.68 Å². The lowest BCUT2D eigenvalue weighted by molar-refractivity contribution is 0.152. The van der Waals surface area contributed by atoms with E-state index >= 15 is 0 Å². The van der Waals surface area contributed by atoms with Crippen molar-refractivity contribution in [3.8, 4) is 0 Å². The molecule has 0 aliphatic heterocycles. The highest BCUT2D eigenvalue weighted by atomic mass is 16.3. The molecule has 0 amide bonds. The average molecular weight is 437 g/mol. The van der Waals surface area contributed by atoms with E-state index in [0.29, 0.717) is 37.4 Å². The minimum absolute atomic E-state index is 0.0670. The molecule has 0 aliphatic rings. The maximum Gasteiger partial charge on any atom is 0.252 e. The minimum atomic E-state index is -0.126. The summed E-state index contributed by atoms with van der Waals surface area (Å²) in [5, 5.41) is 22.8. The molecule has 1 unspecified atom stereocenters. The molecule has 0 saturated carbocycles. The first-order valence-corrected chi connectivity index (χ1v) is 10.8. The second-order valence-corrected chi connectivity index (χ2v) is 7.96. The van der Waals surface area contributed by atoms with Crippen LogP contribution in [-0.4, -0.2) is 48.3 Å². The SMILES string of the molecule is CCC(c1nnnn1Cc1ccco1)N(CCCO)Cc1cc2cc(C)ccc2[nH]c1=O. The Hall–Kier alpha value is -3.30. The van der Waals surface area contributed by atoms with Gasteiger partial charge in [0.15, 0.2) is 5.82 Å². The number of furan rings is 1. The molecule has 0 saturated heterocycles. The number of pyridine rings is 1. The fraction of sp³-hybridized carbons (Fsp3) is 0.391. The van der Waals surface area contributed by atoms with E-state index in [4.69, 9.17) is 4.42 Å². The van der Waals surface area contributed by atoms with Crippen LogP contribution in [0.3, 0.4) is 0 Å². The molecule has 9 heteroatoms. The summed E-state index contributed by atoms with van der Waals surface area (Å²) < 4.78 is 7.18. The highest BCUT2D eigenvalue weighted by molar-refractivity contribution is 5.79. The van der Waals surface area contributed by atoms with Gasteiger partial charge in [0.25, 0.3) is 5.56 Å². The number of benzene rings is 1. The summed E-state index contributed by atoms with van der Waals surface area (Å²) in [7, 11) is 0. The summed E-state index contributed by atoms with van der Waals surface area (Å²) in [6.45, 7) is 5.62. The number of rotatable bonds is 10.